The van der Waals surface area contributed by atoms with Crippen molar-refractivity contribution >= 4 is 0 Å². The molecule has 106 valence electrons. The molecule has 0 bridgehead atoms. The van der Waals surface area contributed by atoms with Crippen molar-refractivity contribution in [1.82, 2.24) is 10.3 Å². The van der Waals surface area contributed by atoms with Gasteiger partial charge in [-0.1, -0.05) is 6.07 Å². The van der Waals surface area contributed by atoms with Gasteiger partial charge in [0.05, 0.1) is 6.20 Å². The van der Waals surface area contributed by atoms with Crippen LogP contribution in [-0.2, 0) is 6.54 Å². The molecule has 0 fully saturated rings. The summed E-state index contributed by atoms with van der Waals surface area (Å²) in [4.78, 5) is 3.98. The Hall–Kier alpha value is -1.94. The monoisotopic (exact) mass is 274 g/mol. The van der Waals surface area contributed by atoms with Crippen LogP contribution in [0.4, 0.5) is 4.39 Å². The fourth-order valence-electron chi connectivity index (χ4n) is 1.69. The van der Waals surface area contributed by atoms with Gasteiger partial charge >= 0.3 is 0 Å². The van der Waals surface area contributed by atoms with Crippen LogP contribution in [0.15, 0.2) is 42.7 Å². The molecule has 0 unspecified atom stereocenters. The quantitative estimate of drug-likeness (QED) is 0.918. The molecule has 1 aromatic carbocycles. The predicted molar refractivity (Wildman–Crippen MR) is 77.3 cm³/mol. The minimum Gasteiger partial charge on any atom is -0.455 e. The summed E-state index contributed by atoms with van der Waals surface area (Å²) in [6.45, 7) is 6.52. The van der Waals surface area contributed by atoms with E-state index in [4.69, 9.17) is 4.74 Å². The third-order valence-corrected chi connectivity index (χ3v) is 2.73. The van der Waals surface area contributed by atoms with Gasteiger partial charge in [0.1, 0.15) is 17.3 Å². The van der Waals surface area contributed by atoms with Crippen LogP contribution in [0, 0.1) is 5.82 Å². The van der Waals surface area contributed by atoms with Gasteiger partial charge in [0.15, 0.2) is 0 Å². The first kappa shape index (κ1) is 14.5. The molecule has 0 saturated carbocycles. The van der Waals surface area contributed by atoms with Gasteiger partial charge in [-0.05, 0) is 45.0 Å². The predicted octanol–water partition coefficient (Wildman–Crippen LogP) is 3.90. The number of pyridine rings is 1. The van der Waals surface area contributed by atoms with Crippen LogP contribution in [0.2, 0.25) is 0 Å². The highest BCUT2D eigenvalue weighted by Crippen LogP contribution is 2.27. The highest BCUT2D eigenvalue weighted by molar-refractivity contribution is 5.38. The molecular formula is C16H19FN2O. The van der Waals surface area contributed by atoms with Crippen molar-refractivity contribution in [3.63, 3.8) is 0 Å². The second kappa shape index (κ2) is 6.01. The fraction of sp³-hybridized carbons (Fsp3) is 0.312. The van der Waals surface area contributed by atoms with E-state index < -0.39 is 0 Å². The molecule has 0 radical (unpaired) electrons. The average molecular weight is 274 g/mol. The number of halogens is 1. The number of ether oxygens (including phenoxy) is 1. The number of rotatable bonds is 4. The van der Waals surface area contributed by atoms with E-state index in [2.05, 4.69) is 10.3 Å². The lowest BCUT2D eigenvalue weighted by atomic mass is 10.1. The van der Waals surface area contributed by atoms with Crippen LogP contribution < -0.4 is 10.1 Å². The van der Waals surface area contributed by atoms with E-state index in [9.17, 15) is 4.39 Å². The van der Waals surface area contributed by atoms with Crippen molar-refractivity contribution in [3.05, 3.63) is 54.1 Å². The smallest absolute Gasteiger partial charge is 0.145 e. The number of hydrogen-bond donors (Lipinski definition) is 1. The summed E-state index contributed by atoms with van der Waals surface area (Å²) in [5.41, 5.74) is 0.430. The molecule has 1 aromatic heterocycles. The Morgan fingerprint density at radius 2 is 2.00 bits per heavy atom. The van der Waals surface area contributed by atoms with Crippen LogP contribution >= 0.6 is 0 Å². The highest BCUT2D eigenvalue weighted by Gasteiger charge is 2.14. The molecule has 0 amide bonds. The largest absolute Gasteiger partial charge is 0.455 e. The molecule has 2 rings (SSSR count). The number of hydrogen-bond acceptors (Lipinski definition) is 3. The molecule has 1 heterocycles. The Bertz CT molecular complexity index is 564. The third kappa shape index (κ3) is 4.03. The summed E-state index contributed by atoms with van der Waals surface area (Å²) >= 11 is 0. The number of nitrogens with zero attached hydrogens (tertiary/aromatic N) is 1. The summed E-state index contributed by atoms with van der Waals surface area (Å²) in [7, 11) is 0. The second-order valence-electron chi connectivity index (χ2n) is 5.61. The first-order valence-electron chi connectivity index (χ1n) is 6.56. The lowest BCUT2D eigenvalue weighted by Gasteiger charge is -2.21. The molecule has 0 atom stereocenters. The Balaban J connectivity index is 2.22. The van der Waals surface area contributed by atoms with Crippen molar-refractivity contribution < 1.29 is 9.13 Å². The van der Waals surface area contributed by atoms with Gasteiger partial charge in [0, 0.05) is 23.8 Å². The lowest BCUT2D eigenvalue weighted by molar-refractivity contribution is 0.405. The minimum absolute atomic E-state index is 0.0894. The molecule has 0 aliphatic carbocycles. The molecule has 4 heteroatoms. The topological polar surface area (TPSA) is 34.1 Å². The maximum atomic E-state index is 14.0. The zero-order valence-electron chi connectivity index (χ0n) is 12.0. The normalized spacial score (nSPS) is 11.4. The van der Waals surface area contributed by atoms with Crippen molar-refractivity contribution in [2.75, 3.05) is 0 Å². The van der Waals surface area contributed by atoms with E-state index >= 15 is 0 Å². The molecule has 0 aliphatic heterocycles. The van der Waals surface area contributed by atoms with Gasteiger partial charge in [0.25, 0.3) is 0 Å². The Morgan fingerprint density at radius 1 is 1.20 bits per heavy atom. The molecule has 2 aromatic rings. The standard InChI is InChI=1S/C16H19FN2O/c1-16(2,3)19-11-13-14(17)7-4-8-15(13)20-12-6-5-9-18-10-12/h4-10,19H,11H2,1-3H3. The van der Waals surface area contributed by atoms with Gasteiger partial charge in [0.2, 0.25) is 0 Å². The second-order valence-corrected chi connectivity index (χ2v) is 5.61. The highest BCUT2D eigenvalue weighted by atomic mass is 19.1. The Kier molecular flexibility index (Phi) is 4.35. The van der Waals surface area contributed by atoms with E-state index in [1.54, 1.807) is 36.7 Å². The van der Waals surface area contributed by atoms with Crippen LogP contribution in [0.5, 0.6) is 11.5 Å². The minimum atomic E-state index is -0.275. The Morgan fingerprint density at radius 3 is 2.65 bits per heavy atom. The van der Waals surface area contributed by atoms with Crippen molar-refractivity contribution in [2.24, 2.45) is 0 Å². The lowest BCUT2D eigenvalue weighted by Crippen LogP contribution is -2.35. The molecule has 0 spiro atoms. The van der Waals surface area contributed by atoms with Crippen molar-refractivity contribution in [3.8, 4) is 11.5 Å². The number of benzene rings is 1. The van der Waals surface area contributed by atoms with Crippen molar-refractivity contribution in [2.45, 2.75) is 32.9 Å². The molecule has 20 heavy (non-hydrogen) atoms. The molecule has 0 saturated heterocycles. The van der Waals surface area contributed by atoms with Gasteiger partial charge in [-0.25, -0.2) is 4.39 Å². The first-order valence-corrected chi connectivity index (χ1v) is 6.56. The maximum absolute atomic E-state index is 14.0. The van der Waals surface area contributed by atoms with E-state index in [1.807, 2.05) is 20.8 Å². The van der Waals surface area contributed by atoms with Gasteiger partial charge in [-0.15, -0.1) is 0 Å². The molecule has 0 aliphatic rings. The summed E-state index contributed by atoms with van der Waals surface area (Å²) < 4.78 is 19.7. The average Bonchev–Trinajstić information content (AvgIpc) is 2.38. The maximum Gasteiger partial charge on any atom is 0.145 e. The van der Waals surface area contributed by atoms with Gasteiger partial charge in [-0.3, -0.25) is 4.98 Å². The van der Waals surface area contributed by atoms with E-state index in [-0.39, 0.29) is 11.4 Å². The van der Waals surface area contributed by atoms with Crippen molar-refractivity contribution in [1.29, 1.82) is 0 Å². The summed E-state index contributed by atoms with van der Waals surface area (Å²) in [6, 6.07) is 8.41. The molecule has 3 nitrogen and oxygen atoms in total. The number of nitrogens with one attached hydrogen (secondary N) is 1. The van der Waals surface area contributed by atoms with Crippen LogP contribution in [0.3, 0.4) is 0 Å². The first-order chi connectivity index (χ1) is 9.46. The molecular weight excluding hydrogens is 255 g/mol. The van der Waals surface area contributed by atoms with Crippen LogP contribution in [-0.4, -0.2) is 10.5 Å². The van der Waals surface area contributed by atoms with E-state index in [1.165, 1.54) is 6.07 Å². The summed E-state index contributed by atoms with van der Waals surface area (Å²) in [5, 5.41) is 3.27. The third-order valence-electron chi connectivity index (χ3n) is 2.73. The molecule has 1 N–H and O–H groups in total. The summed E-state index contributed by atoms with van der Waals surface area (Å²) in [6.07, 6.45) is 3.27. The summed E-state index contributed by atoms with van der Waals surface area (Å²) in [5.74, 6) is 0.827. The Labute approximate surface area is 118 Å². The van der Waals surface area contributed by atoms with Crippen LogP contribution in [0.25, 0.3) is 0 Å². The number of aromatic nitrogens is 1. The van der Waals surface area contributed by atoms with E-state index in [0.717, 1.165) is 0 Å². The van der Waals surface area contributed by atoms with Crippen LogP contribution in [0.1, 0.15) is 26.3 Å². The fourth-order valence-corrected chi connectivity index (χ4v) is 1.69. The SMILES string of the molecule is CC(C)(C)NCc1c(F)cccc1Oc1cccnc1. The zero-order valence-corrected chi connectivity index (χ0v) is 12.0. The van der Waals surface area contributed by atoms with Gasteiger partial charge in [-0.2, -0.15) is 0 Å². The van der Waals surface area contributed by atoms with Gasteiger partial charge < -0.3 is 10.1 Å². The van der Waals surface area contributed by atoms with E-state index in [0.29, 0.717) is 23.6 Å². The zero-order chi connectivity index (χ0) is 14.6.